The third-order valence-electron chi connectivity index (χ3n) is 2.34. The van der Waals surface area contributed by atoms with E-state index in [0.717, 1.165) is 5.69 Å². The van der Waals surface area contributed by atoms with Gasteiger partial charge in [-0.15, -0.1) is 0 Å². The molecule has 0 spiro atoms. The lowest BCUT2D eigenvalue weighted by Crippen LogP contribution is -2.32. The number of aliphatic hydroxyl groups is 1. The van der Waals surface area contributed by atoms with Gasteiger partial charge in [0.2, 0.25) is 0 Å². The van der Waals surface area contributed by atoms with Crippen molar-refractivity contribution in [1.82, 2.24) is 0 Å². The topological polar surface area (TPSA) is 59.9 Å². The minimum absolute atomic E-state index is 0.138. The molecule has 0 atom stereocenters. The van der Waals surface area contributed by atoms with Gasteiger partial charge in [-0.3, -0.25) is 0 Å². The van der Waals surface area contributed by atoms with E-state index >= 15 is 0 Å². The van der Waals surface area contributed by atoms with E-state index in [0.29, 0.717) is 0 Å². The van der Waals surface area contributed by atoms with Crippen molar-refractivity contribution in [2.24, 2.45) is 0 Å². The summed E-state index contributed by atoms with van der Waals surface area (Å²) in [5.74, 6) is -0.181. The van der Waals surface area contributed by atoms with Crippen LogP contribution in [0.2, 0.25) is 0 Å². The number of hydrogen-bond donors (Lipinski definition) is 2. The van der Waals surface area contributed by atoms with Crippen LogP contribution < -0.4 is 9.88 Å². The molecule has 0 fully saturated rings. The molecule has 0 radical (unpaired) electrons. The Labute approximate surface area is 105 Å². The fraction of sp³-hybridized carbons (Fsp3) is 0. The summed E-state index contributed by atoms with van der Waals surface area (Å²) in [5.41, 5.74) is 0.860. The van der Waals surface area contributed by atoms with E-state index in [1.807, 2.05) is 30.3 Å². The van der Waals surface area contributed by atoms with Crippen molar-refractivity contribution in [3.8, 4) is 6.07 Å². The van der Waals surface area contributed by atoms with Gasteiger partial charge >= 0.3 is 5.70 Å². The maximum Gasteiger partial charge on any atom is 0.349 e. The van der Waals surface area contributed by atoms with Gasteiger partial charge < -0.3 is 10.4 Å². The van der Waals surface area contributed by atoms with Crippen LogP contribution in [0, 0.1) is 11.3 Å². The van der Waals surface area contributed by atoms with Crippen molar-refractivity contribution < 1.29 is 9.67 Å². The number of pyridine rings is 1. The van der Waals surface area contributed by atoms with Crippen LogP contribution in [-0.2, 0) is 0 Å². The largest absolute Gasteiger partial charge is 0.489 e. The Morgan fingerprint density at radius 3 is 2.28 bits per heavy atom. The predicted octanol–water partition coefficient (Wildman–Crippen LogP) is 2.29. The van der Waals surface area contributed by atoms with E-state index in [1.54, 1.807) is 41.2 Å². The highest BCUT2D eigenvalue weighted by Crippen LogP contribution is 2.09. The number of aromatic nitrogens is 1. The third-order valence-corrected chi connectivity index (χ3v) is 2.34. The number of rotatable bonds is 3. The lowest BCUT2D eigenvalue weighted by atomic mass is 10.3. The molecular formula is C14H12N3O+. The Hall–Kier alpha value is -2.80. The number of nitrogens with one attached hydrogen (secondary N) is 1. The number of aliphatic hydroxyl groups excluding tert-OH is 1. The number of hydrogen-bond acceptors (Lipinski definition) is 3. The molecule has 4 nitrogen and oxygen atoms in total. The summed E-state index contributed by atoms with van der Waals surface area (Å²) in [6, 6.07) is 16.6. The zero-order valence-electron chi connectivity index (χ0n) is 9.62. The van der Waals surface area contributed by atoms with E-state index in [2.05, 4.69) is 5.32 Å². The molecule has 1 aromatic heterocycles. The van der Waals surface area contributed by atoms with Crippen molar-refractivity contribution >= 4 is 11.4 Å². The molecule has 1 heterocycles. The van der Waals surface area contributed by atoms with Crippen LogP contribution in [0.15, 0.2) is 66.8 Å². The maximum absolute atomic E-state index is 9.94. The van der Waals surface area contributed by atoms with E-state index in [1.165, 1.54) is 0 Å². The van der Waals surface area contributed by atoms with Crippen LogP contribution in [0.4, 0.5) is 5.69 Å². The van der Waals surface area contributed by atoms with E-state index < -0.39 is 0 Å². The van der Waals surface area contributed by atoms with Gasteiger partial charge in [-0.1, -0.05) is 24.3 Å². The summed E-state index contributed by atoms with van der Waals surface area (Å²) in [5, 5.41) is 21.8. The molecular weight excluding hydrogens is 226 g/mol. The Bertz CT molecular complexity index is 585. The van der Waals surface area contributed by atoms with Crippen LogP contribution in [-0.4, -0.2) is 5.11 Å². The molecule has 0 saturated heterocycles. The summed E-state index contributed by atoms with van der Waals surface area (Å²) in [6.07, 6.45) is 3.39. The van der Waals surface area contributed by atoms with Crippen LogP contribution >= 0.6 is 0 Å². The number of anilines is 1. The first-order valence-electron chi connectivity index (χ1n) is 5.43. The summed E-state index contributed by atoms with van der Waals surface area (Å²) in [7, 11) is 0. The number of para-hydroxylation sites is 1. The molecule has 88 valence electrons. The smallest absolute Gasteiger partial charge is 0.349 e. The quantitative estimate of drug-likeness (QED) is 0.490. The van der Waals surface area contributed by atoms with Crippen molar-refractivity contribution in [2.75, 3.05) is 5.32 Å². The third kappa shape index (κ3) is 2.66. The average Bonchev–Trinajstić information content (AvgIpc) is 2.42. The van der Waals surface area contributed by atoms with Crippen molar-refractivity contribution in [1.29, 1.82) is 5.26 Å². The molecule has 0 bridgehead atoms. The zero-order chi connectivity index (χ0) is 12.8. The van der Waals surface area contributed by atoms with Gasteiger partial charge in [-0.2, -0.15) is 9.83 Å². The fourth-order valence-electron chi connectivity index (χ4n) is 1.50. The highest BCUT2D eigenvalue weighted by Gasteiger charge is 2.15. The Morgan fingerprint density at radius 2 is 1.67 bits per heavy atom. The van der Waals surface area contributed by atoms with Crippen molar-refractivity contribution in [3.63, 3.8) is 0 Å². The molecule has 4 heteroatoms. The van der Waals surface area contributed by atoms with E-state index in [-0.39, 0.29) is 11.6 Å². The van der Waals surface area contributed by atoms with E-state index in [9.17, 15) is 5.11 Å². The fourth-order valence-corrected chi connectivity index (χ4v) is 1.50. The molecule has 2 rings (SSSR count). The molecule has 0 unspecified atom stereocenters. The standard InChI is InChI=1S/C14H11N3O/c15-11-13(17-9-5-2-6-10-17)14(18)16-12-7-3-1-4-8-12/h1-10,16H/p+1. The molecule has 0 amide bonds. The van der Waals surface area contributed by atoms with Gasteiger partial charge in [0.15, 0.2) is 18.5 Å². The van der Waals surface area contributed by atoms with Crippen LogP contribution in [0.3, 0.4) is 0 Å². The second-order valence-corrected chi connectivity index (χ2v) is 3.58. The van der Waals surface area contributed by atoms with Gasteiger partial charge in [0, 0.05) is 17.8 Å². The first kappa shape index (κ1) is 11.7. The molecule has 2 aromatic rings. The second-order valence-electron chi connectivity index (χ2n) is 3.58. The number of nitriles is 1. The lowest BCUT2D eigenvalue weighted by Gasteiger charge is -2.03. The highest BCUT2D eigenvalue weighted by molar-refractivity contribution is 5.59. The van der Waals surface area contributed by atoms with Gasteiger partial charge in [0.05, 0.1) is 0 Å². The highest BCUT2D eigenvalue weighted by atomic mass is 16.3. The summed E-state index contributed by atoms with van der Waals surface area (Å²) in [6.45, 7) is 0. The Morgan fingerprint density at radius 1 is 1.06 bits per heavy atom. The van der Waals surface area contributed by atoms with Gasteiger partial charge in [-0.05, 0) is 12.1 Å². The minimum Gasteiger partial charge on any atom is -0.489 e. The van der Waals surface area contributed by atoms with Gasteiger partial charge in [0.1, 0.15) is 0 Å². The van der Waals surface area contributed by atoms with Crippen LogP contribution in [0.1, 0.15) is 0 Å². The average molecular weight is 238 g/mol. The predicted molar refractivity (Wildman–Crippen MR) is 68.2 cm³/mol. The number of nitrogens with zero attached hydrogens (tertiary/aromatic N) is 2. The SMILES string of the molecule is N#CC(=C(O)Nc1ccccc1)[n+]1ccccc1. The molecule has 0 aliphatic rings. The summed E-state index contributed by atoms with van der Waals surface area (Å²) < 4.78 is 1.55. The molecule has 18 heavy (non-hydrogen) atoms. The monoisotopic (exact) mass is 238 g/mol. The lowest BCUT2D eigenvalue weighted by molar-refractivity contribution is -0.579. The Balaban J connectivity index is 2.31. The molecule has 0 saturated carbocycles. The number of benzene rings is 1. The molecule has 1 aromatic carbocycles. The van der Waals surface area contributed by atoms with Crippen LogP contribution in [0.5, 0.6) is 0 Å². The van der Waals surface area contributed by atoms with Gasteiger partial charge in [-0.25, -0.2) is 0 Å². The number of allylic oxidation sites excluding steroid dienone is 1. The summed E-state index contributed by atoms with van der Waals surface area (Å²) >= 11 is 0. The van der Waals surface area contributed by atoms with Crippen molar-refractivity contribution in [2.45, 2.75) is 0 Å². The minimum atomic E-state index is -0.181. The first-order valence-corrected chi connectivity index (χ1v) is 5.43. The second kappa shape index (κ2) is 5.51. The molecule has 0 aliphatic carbocycles. The molecule has 0 aliphatic heterocycles. The van der Waals surface area contributed by atoms with E-state index in [4.69, 9.17) is 5.26 Å². The summed E-state index contributed by atoms with van der Waals surface area (Å²) in [4.78, 5) is 0. The van der Waals surface area contributed by atoms with Crippen LogP contribution in [0.25, 0.3) is 5.70 Å². The normalized spacial score (nSPS) is 11.3. The molecule has 2 N–H and O–H groups in total. The Kier molecular flexibility index (Phi) is 3.57. The van der Waals surface area contributed by atoms with Crippen molar-refractivity contribution in [3.05, 3.63) is 66.8 Å². The first-order chi connectivity index (χ1) is 8.81. The maximum atomic E-state index is 9.94. The van der Waals surface area contributed by atoms with Gasteiger partial charge in [0.25, 0.3) is 5.88 Å². The zero-order valence-corrected chi connectivity index (χ0v) is 9.62.